The third-order valence-corrected chi connectivity index (χ3v) is 4.57. The van der Waals surface area contributed by atoms with E-state index < -0.39 is 0 Å². The van der Waals surface area contributed by atoms with Crippen molar-refractivity contribution in [2.24, 2.45) is 0 Å². The molecule has 0 radical (unpaired) electrons. The van der Waals surface area contributed by atoms with Crippen molar-refractivity contribution >= 4 is 5.91 Å². The first-order valence-corrected chi connectivity index (χ1v) is 8.08. The van der Waals surface area contributed by atoms with Gasteiger partial charge in [0, 0.05) is 31.6 Å². The standard InChI is InChI=1S/C17H25N3O/c21-17-7-6-16(12-18-17)19-15-8-10-20(11-9-15)13-14-4-2-1-3-5-14/h1-5,15-16,19H,6-13H2,(H,18,21). The van der Waals surface area contributed by atoms with E-state index in [9.17, 15) is 4.79 Å². The molecule has 0 saturated carbocycles. The topological polar surface area (TPSA) is 44.4 Å². The molecule has 0 aliphatic carbocycles. The van der Waals surface area contributed by atoms with Crippen molar-refractivity contribution in [1.29, 1.82) is 0 Å². The van der Waals surface area contributed by atoms with Crippen LogP contribution < -0.4 is 10.6 Å². The van der Waals surface area contributed by atoms with E-state index in [1.165, 1.54) is 18.4 Å². The largest absolute Gasteiger partial charge is 0.355 e. The van der Waals surface area contributed by atoms with Crippen LogP contribution >= 0.6 is 0 Å². The number of hydrogen-bond acceptors (Lipinski definition) is 3. The predicted octanol–water partition coefficient (Wildman–Crippen LogP) is 1.52. The first-order valence-electron chi connectivity index (χ1n) is 8.08. The van der Waals surface area contributed by atoms with E-state index >= 15 is 0 Å². The molecule has 1 amide bonds. The first-order chi connectivity index (χ1) is 10.3. The smallest absolute Gasteiger partial charge is 0.220 e. The molecule has 2 fully saturated rings. The molecular formula is C17H25N3O. The third kappa shape index (κ3) is 4.29. The summed E-state index contributed by atoms with van der Waals surface area (Å²) in [5.41, 5.74) is 1.40. The SMILES string of the molecule is O=C1CCC(NC2CCN(Cc3ccccc3)CC2)CN1. The second-order valence-electron chi connectivity index (χ2n) is 6.24. The molecule has 1 unspecified atom stereocenters. The zero-order valence-electron chi connectivity index (χ0n) is 12.6. The van der Waals surface area contributed by atoms with E-state index in [4.69, 9.17) is 0 Å². The van der Waals surface area contributed by atoms with Gasteiger partial charge in [-0.25, -0.2) is 0 Å². The molecule has 2 saturated heterocycles. The van der Waals surface area contributed by atoms with Crippen LogP contribution in [0.25, 0.3) is 0 Å². The lowest BCUT2D eigenvalue weighted by atomic mass is 10.0. The lowest BCUT2D eigenvalue weighted by Gasteiger charge is -2.35. The van der Waals surface area contributed by atoms with Crippen LogP contribution in [-0.2, 0) is 11.3 Å². The van der Waals surface area contributed by atoms with Crippen LogP contribution in [0.5, 0.6) is 0 Å². The highest BCUT2D eigenvalue weighted by Crippen LogP contribution is 2.15. The molecule has 0 aromatic heterocycles. The van der Waals surface area contributed by atoms with Gasteiger partial charge in [0.05, 0.1) is 0 Å². The van der Waals surface area contributed by atoms with E-state index in [-0.39, 0.29) is 5.91 Å². The van der Waals surface area contributed by atoms with Gasteiger partial charge in [0.1, 0.15) is 0 Å². The van der Waals surface area contributed by atoms with Crippen LogP contribution in [0.4, 0.5) is 0 Å². The van der Waals surface area contributed by atoms with Crippen molar-refractivity contribution < 1.29 is 4.79 Å². The van der Waals surface area contributed by atoms with Gasteiger partial charge >= 0.3 is 0 Å². The summed E-state index contributed by atoms with van der Waals surface area (Å²) in [7, 11) is 0. The van der Waals surface area contributed by atoms with Crippen LogP contribution in [0.1, 0.15) is 31.2 Å². The Bertz CT molecular complexity index is 444. The Morgan fingerprint density at radius 1 is 1.10 bits per heavy atom. The predicted molar refractivity (Wildman–Crippen MR) is 83.9 cm³/mol. The molecule has 2 N–H and O–H groups in total. The number of carbonyl (C=O) groups is 1. The van der Waals surface area contributed by atoms with E-state index in [2.05, 4.69) is 45.9 Å². The maximum atomic E-state index is 11.2. The molecule has 4 nitrogen and oxygen atoms in total. The van der Waals surface area contributed by atoms with Gasteiger partial charge in [-0.15, -0.1) is 0 Å². The monoisotopic (exact) mass is 287 g/mol. The van der Waals surface area contributed by atoms with Gasteiger partial charge < -0.3 is 10.6 Å². The lowest BCUT2D eigenvalue weighted by Crippen LogP contribution is -2.51. The number of nitrogens with one attached hydrogen (secondary N) is 2. The molecule has 4 heteroatoms. The van der Waals surface area contributed by atoms with Gasteiger partial charge in [0.2, 0.25) is 5.91 Å². The van der Waals surface area contributed by atoms with Crippen LogP contribution in [0.2, 0.25) is 0 Å². The van der Waals surface area contributed by atoms with Gasteiger partial charge in [0.15, 0.2) is 0 Å². The van der Waals surface area contributed by atoms with Crippen LogP contribution in [0.15, 0.2) is 30.3 Å². The lowest BCUT2D eigenvalue weighted by molar-refractivity contribution is -0.122. The van der Waals surface area contributed by atoms with E-state index in [1.54, 1.807) is 0 Å². The zero-order valence-corrected chi connectivity index (χ0v) is 12.6. The highest BCUT2D eigenvalue weighted by molar-refractivity contribution is 5.76. The number of hydrogen-bond donors (Lipinski definition) is 2. The maximum absolute atomic E-state index is 11.2. The fourth-order valence-corrected chi connectivity index (χ4v) is 3.31. The molecule has 2 heterocycles. The number of likely N-dealkylation sites (tertiary alicyclic amines) is 1. The minimum Gasteiger partial charge on any atom is -0.355 e. The summed E-state index contributed by atoms with van der Waals surface area (Å²) in [5, 5.41) is 6.67. The molecule has 0 spiro atoms. The van der Waals surface area contributed by atoms with Crippen molar-refractivity contribution in [2.45, 2.75) is 44.3 Å². The minimum atomic E-state index is 0.200. The van der Waals surface area contributed by atoms with Gasteiger partial charge in [-0.1, -0.05) is 30.3 Å². The summed E-state index contributed by atoms with van der Waals surface area (Å²) < 4.78 is 0. The fraction of sp³-hybridized carbons (Fsp3) is 0.588. The Hall–Kier alpha value is -1.39. The van der Waals surface area contributed by atoms with Crippen molar-refractivity contribution in [3.8, 4) is 0 Å². The first kappa shape index (κ1) is 14.5. The number of rotatable bonds is 4. The van der Waals surface area contributed by atoms with Crippen LogP contribution in [0, 0.1) is 0 Å². The molecule has 114 valence electrons. The Kier molecular flexibility index (Phi) is 4.88. The minimum absolute atomic E-state index is 0.200. The number of piperidine rings is 2. The molecule has 3 rings (SSSR count). The summed E-state index contributed by atoms with van der Waals surface area (Å²) in [5.74, 6) is 0.200. The number of nitrogens with zero attached hydrogens (tertiary/aromatic N) is 1. The van der Waals surface area contributed by atoms with Gasteiger partial charge in [-0.05, 0) is 37.9 Å². The molecule has 2 aliphatic rings. The summed E-state index contributed by atoms with van der Waals surface area (Å²) in [4.78, 5) is 13.7. The highest BCUT2D eigenvalue weighted by Gasteiger charge is 2.24. The van der Waals surface area contributed by atoms with Crippen molar-refractivity contribution in [1.82, 2.24) is 15.5 Å². The van der Waals surface area contributed by atoms with Gasteiger partial charge in [-0.2, -0.15) is 0 Å². The van der Waals surface area contributed by atoms with Crippen LogP contribution in [-0.4, -0.2) is 42.5 Å². The fourth-order valence-electron chi connectivity index (χ4n) is 3.31. The second-order valence-corrected chi connectivity index (χ2v) is 6.24. The Morgan fingerprint density at radius 3 is 2.52 bits per heavy atom. The molecule has 2 aliphatic heterocycles. The molecule has 1 aromatic carbocycles. The zero-order chi connectivity index (χ0) is 14.5. The quantitative estimate of drug-likeness (QED) is 0.882. The summed E-state index contributed by atoms with van der Waals surface area (Å²) in [6.45, 7) is 4.17. The van der Waals surface area contributed by atoms with E-state index in [0.717, 1.165) is 32.6 Å². The molecule has 21 heavy (non-hydrogen) atoms. The van der Waals surface area contributed by atoms with Crippen molar-refractivity contribution in [3.63, 3.8) is 0 Å². The maximum Gasteiger partial charge on any atom is 0.220 e. The number of amides is 1. The molecule has 1 aromatic rings. The van der Waals surface area contributed by atoms with Crippen molar-refractivity contribution in [3.05, 3.63) is 35.9 Å². The Labute approximate surface area is 126 Å². The normalized spacial score (nSPS) is 24.8. The van der Waals surface area contributed by atoms with E-state index in [0.29, 0.717) is 18.5 Å². The Balaban J connectivity index is 1.40. The third-order valence-electron chi connectivity index (χ3n) is 4.57. The summed E-state index contributed by atoms with van der Waals surface area (Å²) in [6, 6.07) is 11.8. The second kappa shape index (κ2) is 7.05. The van der Waals surface area contributed by atoms with Crippen LogP contribution in [0.3, 0.4) is 0 Å². The van der Waals surface area contributed by atoms with E-state index in [1.807, 2.05) is 0 Å². The number of carbonyl (C=O) groups excluding carboxylic acids is 1. The molecule has 1 atom stereocenters. The van der Waals surface area contributed by atoms with Gasteiger partial charge in [-0.3, -0.25) is 9.69 Å². The average Bonchev–Trinajstić information content (AvgIpc) is 2.53. The summed E-state index contributed by atoms with van der Waals surface area (Å²) >= 11 is 0. The van der Waals surface area contributed by atoms with Crippen molar-refractivity contribution in [2.75, 3.05) is 19.6 Å². The Morgan fingerprint density at radius 2 is 1.86 bits per heavy atom. The van der Waals surface area contributed by atoms with Gasteiger partial charge in [0.25, 0.3) is 0 Å². The highest BCUT2D eigenvalue weighted by atomic mass is 16.1. The molecular weight excluding hydrogens is 262 g/mol. The number of benzene rings is 1. The summed E-state index contributed by atoms with van der Waals surface area (Å²) in [6.07, 6.45) is 4.06. The molecule has 0 bridgehead atoms. The average molecular weight is 287 g/mol.